The van der Waals surface area contributed by atoms with Crippen molar-refractivity contribution in [1.82, 2.24) is 4.90 Å². The lowest BCUT2D eigenvalue weighted by Gasteiger charge is -2.26. The molecule has 0 bridgehead atoms. The highest BCUT2D eigenvalue weighted by molar-refractivity contribution is 7.91. The second kappa shape index (κ2) is 8.89. The minimum Gasteiger partial charge on any atom is -0.459 e. The Labute approximate surface area is 180 Å². The third kappa shape index (κ3) is 5.30. The maximum Gasteiger partial charge on any atom is 0.247 e. The van der Waals surface area contributed by atoms with E-state index in [2.05, 4.69) is 0 Å². The highest BCUT2D eigenvalue weighted by atomic mass is 32.2. The van der Waals surface area contributed by atoms with Gasteiger partial charge in [0.1, 0.15) is 17.3 Å². The summed E-state index contributed by atoms with van der Waals surface area (Å²) in [7, 11) is -3.16. The van der Waals surface area contributed by atoms with Crippen molar-refractivity contribution in [2.75, 3.05) is 11.5 Å². The molecule has 0 aliphatic carbocycles. The van der Waals surface area contributed by atoms with Crippen molar-refractivity contribution in [3.8, 4) is 11.3 Å². The third-order valence-corrected chi connectivity index (χ3v) is 7.02. The fraction of sp³-hybridized carbons (Fsp3) is 0.208. The van der Waals surface area contributed by atoms with Crippen molar-refractivity contribution >= 4 is 21.8 Å². The van der Waals surface area contributed by atoms with Gasteiger partial charge in [-0.05, 0) is 54.5 Å². The smallest absolute Gasteiger partial charge is 0.247 e. The van der Waals surface area contributed by atoms with Gasteiger partial charge in [0, 0.05) is 17.7 Å². The molecule has 31 heavy (non-hydrogen) atoms. The molecule has 2 aromatic carbocycles. The summed E-state index contributed by atoms with van der Waals surface area (Å²) >= 11 is 0. The molecule has 0 spiro atoms. The molecule has 1 aromatic heterocycles. The van der Waals surface area contributed by atoms with Gasteiger partial charge in [0.15, 0.2) is 9.84 Å². The van der Waals surface area contributed by atoms with Crippen molar-refractivity contribution in [3.63, 3.8) is 0 Å². The highest BCUT2D eigenvalue weighted by Crippen LogP contribution is 2.26. The molecule has 1 aliphatic heterocycles. The zero-order chi connectivity index (χ0) is 21.8. The number of amides is 1. The number of furan rings is 1. The highest BCUT2D eigenvalue weighted by Gasteiger charge is 2.34. The monoisotopic (exact) mass is 439 g/mol. The van der Waals surface area contributed by atoms with Crippen LogP contribution in [0.5, 0.6) is 0 Å². The predicted molar refractivity (Wildman–Crippen MR) is 117 cm³/mol. The fourth-order valence-corrected chi connectivity index (χ4v) is 5.37. The minimum absolute atomic E-state index is 0.0521. The van der Waals surface area contributed by atoms with Gasteiger partial charge in [0.25, 0.3) is 0 Å². The van der Waals surface area contributed by atoms with Crippen LogP contribution in [0.15, 0.2) is 77.2 Å². The largest absolute Gasteiger partial charge is 0.459 e. The lowest BCUT2D eigenvalue weighted by Crippen LogP contribution is -2.39. The Balaban J connectivity index is 1.55. The topological polar surface area (TPSA) is 67.6 Å². The summed E-state index contributed by atoms with van der Waals surface area (Å²) in [6.07, 6.45) is 3.58. The Morgan fingerprint density at radius 1 is 1.06 bits per heavy atom. The van der Waals surface area contributed by atoms with Crippen molar-refractivity contribution < 1.29 is 22.0 Å². The maximum atomic E-state index is 13.2. The maximum absolute atomic E-state index is 13.2. The zero-order valence-corrected chi connectivity index (χ0v) is 17.6. The van der Waals surface area contributed by atoms with E-state index in [4.69, 9.17) is 4.42 Å². The lowest BCUT2D eigenvalue weighted by molar-refractivity contribution is -0.128. The number of carbonyl (C=O) groups excluding carboxylic acids is 1. The van der Waals surface area contributed by atoms with Crippen LogP contribution in [0.4, 0.5) is 4.39 Å². The molecule has 5 nitrogen and oxygen atoms in total. The van der Waals surface area contributed by atoms with Gasteiger partial charge < -0.3 is 9.32 Å². The molecular formula is C24H22FNO4S. The van der Waals surface area contributed by atoms with Gasteiger partial charge in [-0.2, -0.15) is 0 Å². The molecule has 0 N–H and O–H groups in total. The van der Waals surface area contributed by atoms with Crippen LogP contribution < -0.4 is 0 Å². The minimum atomic E-state index is -3.16. The third-order valence-electron chi connectivity index (χ3n) is 5.27. The predicted octanol–water partition coefficient (Wildman–Crippen LogP) is 4.31. The molecule has 4 rings (SSSR count). The van der Waals surface area contributed by atoms with Gasteiger partial charge in [-0.15, -0.1) is 0 Å². The molecule has 0 saturated carbocycles. The molecule has 2 heterocycles. The molecule has 0 radical (unpaired) electrons. The van der Waals surface area contributed by atoms with Gasteiger partial charge in [0.05, 0.1) is 18.1 Å². The van der Waals surface area contributed by atoms with Crippen LogP contribution in [0.3, 0.4) is 0 Å². The van der Waals surface area contributed by atoms with Gasteiger partial charge in [-0.1, -0.05) is 30.3 Å². The molecule has 1 aliphatic rings. The van der Waals surface area contributed by atoms with Crippen LogP contribution in [0.2, 0.25) is 0 Å². The van der Waals surface area contributed by atoms with Crippen molar-refractivity contribution in [2.24, 2.45) is 0 Å². The second-order valence-electron chi connectivity index (χ2n) is 7.54. The van der Waals surface area contributed by atoms with Crippen LogP contribution >= 0.6 is 0 Å². The Hall–Kier alpha value is -3.19. The van der Waals surface area contributed by atoms with E-state index in [1.54, 1.807) is 35.2 Å². The summed E-state index contributed by atoms with van der Waals surface area (Å²) < 4.78 is 43.1. The molecule has 160 valence electrons. The molecular weight excluding hydrogens is 417 g/mol. The molecule has 1 atom stereocenters. The Morgan fingerprint density at radius 3 is 2.48 bits per heavy atom. The number of hydrogen-bond donors (Lipinski definition) is 0. The first-order valence-electron chi connectivity index (χ1n) is 9.98. The second-order valence-corrected chi connectivity index (χ2v) is 9.77. The first kappa shape index (κ1) is 21.1. The fourth-order valence-electron chi connectivity index (χ4n) is 3.64. The number of rotatable bonds is 6. The van der Waals surface area contributed by atoms with E-state index in [9.17, 15) is 17.6 Å². The van der Waals surface area contributed by atoms with Crippen LogP contribution in [-0.2, 0) is 21.2 Å². The van der Waals surface area contributed by atoms with E-state index in [1.807, 2.05) is 30.3 Å². The average Bonchev–Trinajstić information content (AvgIpc) is 3.37. The lowest BCUT2D eigenvalue weighted by atomic mass is 10.1. The van der Waals surface area contributed by atoms with Gasteiger partial charge in [-0.3, -0.25) is 4.79 Å². The van der Waals surface area contributed by atoms with E-state index in [-0.39, 0.29) is 29.8 Å². The number of carbonyl (C=O) groups is 1. The summed E-state index contributed by atoms with van der Waals surface area (Å²) in [4.78, 5) is 14.5. The van der Waals surface area contributed by atoms with Crippen molar-refractivity contribution in [1.29, 1.82) is 0 Å². The molecule has 1 fully saturated rings. The molecule has 1 amide bonds. The van der Waals surface area contributed by atoms with Gasteiger partial charge in [0.2, 0.25) is 5.91 Å². The number of benzene rings is 2. The summed E-state index contributed by atoms with van der Waals surface area (Å²) in [6.45, 7) is 0.152. The summed E-state index contributed by atoms with van der Waals surface area (Å²) in [5.74, 6) is 0.503. The Bertz CT molecular complexity index is 1180. The Kier molecular flexibility index (Phi) is 6.04. The number of halogens is 1. The van der Waals surface area contributed by atoms with Gasteiger partial charge in [-0.25, -0.2) is 12.8 Å². The van der Waals surface area contributed by atoms with Crippen molar-refractivity contribution in [2.45, 2.75) is 19.0 Å². The van der Waals surface area contributed by atoms with Crippen LogP contribution in [0.25, 0.3) is 17.4 Å². The summed E-state index contributed by atoms with van der Waals surface area (Å²) in [5, 5.41) is 0. The van der Waals surface area contributed by atoms with E-state index in [0.29, 0.717) is 17.9 Å². The van der Waals surface area contributed by atoms with Gasteiger partial charge >= 0.3 is 0 Å². The molecule has 1 saturated heterocycles. The van der Waals surface area contributed by atoms with Crippen LogP contribution in [-0.4, -0.2) is 36.8 Å². The van der Waals surface area contributed by atoms with Crippen molar-refractivity contribution in [3.05, 3.63) is 89.9 Å². The number of sulfone groups is 1. The first-order valence-corrected chi connectivity index (χ1v) is 11.8. The van der Waals surface area contributed by atoms with Crippen LogP contribution in [0.1, 0.15) is 17.7 Å². The molecule has 0 unspecified atom stereocenters. The summed E-state index contributed by atoms with van der Waals surface area (Å²) in [6, 6.07) is 18.5. The van der Waals surface area contributed by atoms with E-state index >= 15 is 0 Å². The number of hydrogen-bond acceptors (Lipinski definition) is 4. The molecule has 3 aromatic rings. The Morgan fingerprint density at radius 2 is 1.81 bits per heavy atom. The average molecular weight is 440 g/mol. The standard InChI is InChI=1S/C24H22FNO4S/c25-20-9-7-19(8-10-20)23-12-11-22(30-23)16-26(21-14-15-31(28,29)17-21)24(27)13-6-18-4-2-1-3-5-18/h1-13,21H,14-17H2/b13-6+/t21-/m0/s1. The van der Waals surface area contributed by atoms with E-state index in [1.165, 1.54) is 18.2 Å². The zero-order valence-electron chi connectivity index (χ0n) is 16.8. The quantitative estimate of drug-likeness (QED) is 0.537. The first-order chi connectivity index (χ1) is 14.9. The summed E-state index contributed by atoms with van der Waals surface area (Å²) in [5.41, 5.74) is 1.60. The van der Waals surface area contributed by atoms with E-state index < -0.39 is 15.9 Å². The SMILES string of the molecule is O=C(/C=C/c1ccccc1)N(Cc1ccc(-c2ccc(F)cc2)o1)[C@H]1CCS(=O)(=O)C1. The normalized spacial score (nSPS) is 17.8. The van der Waals surface area contributed by atoms with E-state index in [0.717, 1.165) is 11.1 Å². The molecule has 7 heteroatoms. The van der Waals surface area contributed by atoms with Crippen LogP contribution in [0, 0.1) is 5.82 Å². The number of nitrogens with zero attached hydrogens (tertiary/aromatic N) is 1.